The molecule has 33 heteroatoms. The third-order valence-electron chi connectivity index (χ3n) is 4.88. The number of rotatable bonds is 15. The summed E-state index contributed by atoms with van der Waals surface area (Å²) in [4.78, 5) is 0. The Balaban J connectivity index is 7.07. The van der Waals surface area contributed by atoms with E-state index in [0.29, 0.717) is 0 Å². The van der Waals surface area contributed by atoms with Gasteiger partial charge in [-0.15, -0.1) is 0 Å². The van der Waals surface area contributed by atoms with E-state index in [2.05, 4.69) is 0 Å². The molecule has 0 aliphatic carbocycles. The largest absolute Gasteiger partial charge is 0.443 e. The lowest BCUT2D eigenvalue weighted by molar-refractivity contribution is -0.482. The van der Waals surface area contributed by atoms with Crippen LogP contribution in [-0.4, -0.2) is 88.5 Å². The Hall–Kier alpha value is -1.77. The fraction of sp³-hybridized carbons (Fsp3) is 1.00. The van der Waals surface area contributed by atoms with Crippen LogP contribution in [0, 0.1) is 0 Å². The van der Waals surface area contributed by atoms with Gasteiger partial charge in [0.15, 0.2) is 0 Å². The maximum atomic E-state index is 14.0. The summed E-state index contributed by atoms with van der Waals surface area (Å²) in [7, 11) is -26.5. The number of ether oxygens (including phenoxy) is 1. The molecule has 0 saturated carbocycles. The second-order valence-electron chi connectivity index (χ2n) is 8.37. The Morgan fingerprint density at radius 3 is 1.02 bits per heavy atom. The third-order valence-corrected chi connectivity index (χ3v) is 9.37. The highest BCUT2D eigenvalue weighted by Gasteiger charge is 2.89. The molecule has 0 aromatic carbocycles. The number of nitrogens with one attached hydrogen (secondary N) is 1. The number of hydrogen-bond acceptors (Lipinski definition) is 7. The average Bonchev–Trinajstić information content (AvgIpc) is 2.74. The topological polar surface area (TPSA) is 124 Å². The molecule has 0 spiro atoms. The second-order valence-corrected chi connectivity index (χ2v) is 13.5. The fourth-order valence-electron chi connectivity index (χ4n) is 2.20. The molecule has 0 aromatic heterocycles. The molecule has 46 heavy (non-hydrogen) atoms. The Bertz CT molecular complexity index is 1500. The lowest BCUT2D eigenvalue weighted by Crippen LogP contribution is -2.70. The highest BCUT2D eigenvalue weighted by atomic mass is 32.3. The highest BCUT2D eigenvalue weighted by molar-refractivity contribution is 8.05. The van der Waals surface area contributed by atoms with Crippen LogP contribution in [0.3, 0.4) is 0 Å². The highest BCUT2D eigenvalue weighted by Crippen LogP contribution is 2.59. The molecule has 0 fully saturated rings. The molecule has 0 amide bonds. The second kappa shape index (κ2) is 10.9. The van der Waals surface area contributed by atoms with E-state index in [1.807, 2.05) is 0 Å². The van der Waals surface area contributed by atoms with Crippen LogP contribution in [0.1, 0.15) is 13.8 Å². The van der Waals surface area contributed by atoms with Crippen LogP contribution in [0.5, 0.6) is 0 Å². The standard InChI is InChI=1S/C13H7F22NO7S3/c1-3(14,15)5(17,18)6(19,20)4(2,16)43-10(27,28)7(21,22)8(23,24)12(31,32)45(39,40)36-46(41,42)13(33,34)9(25,26)11(29,30)44(35,37)38/h36H,1-2H3. The molecule has 278 valence electrons. The van der Waals surface area contributed by atoms with Crippen molar-refractivity contribution in [1.82, 2.24) is 4.13 Å². The number of hydrogen-bond donors (Lipinski definition) is 1. The van der Waals surface area contributed by atoms with E-state index >= 15 is 0 Å². The summed E-state index contributed by atoms with van der Waals surface area (Å²) >= 11 is 0. The van der Waals surface area contributed by atoms with Gasteiger partial charge in [0.2, 0.25) is 0 Å². The summed E-state index contributed by atoms with van der Waals surface area (Å²) in [5.41, 5.74) is 0. The van der Waals surface area contributed by atoms with Crippen molar-refractivity contribution in [2.75, 3.05) is 0 Å². The molecule has 8 nitrogen and oxygen atoms in total. The SMILES string of the molecule is CC(F)(F)C(F)(F)C(F)(F)C(C)(F)OC(F)(F)C(F)(F)C(F)(F)C(F)(F)S(=O)(=O)NS(=O)(=O)C(F)(F)C(F)(F)C(F)(F)S(=O)(=O)F. The first-order chi connectivity index (χ1) is 19.2. The van der Waals surface area contributed by atoms with Gasteiger partial charge in [0, 0.05) is 13.8 Å². The first-order valence-corrected chi connectivity index (χ1v) is 13.9. The zero-order valence-corrected chi connectivity index (χ0v) is 22.8. The first-order valence-electron chi connectivity index (χ1n) is 9.55. The minimum Gasteiger partial charge on any atom is -0.272 e. The summed E-state index contributed by atoms with van der Waals surface area (Å²) < 4.78 is 361. The van der Waals surface area contributed by atoms with Gasteiger partial charge in [-0.3, -0.25) is 4.74 Å². The van der Waals surface area contributed by atoms with Gasteiger partial charge < -0.3 is 0 Å². The van der Waals surface area contributed by atoms with E-state index in [-0.39, 0.29) is 0 Å². The molecule has 0 heterocycles. The van der Waals surface area contributed by atoms with Crippen LogP contribution in [0.15, 0.2) is 0 Å². The van der Waals surface area contributed by atoms with Crippen molar-refractivity contribution >= 4 is 30.3 Å². The average molecular weight is 803 g/mol. The molecule has 0 saturated heterocycles. The molecule has 1 atom stereocenters. The van der Waals surface area contributed by atoms with Gasteiger partial charge in [0.1, 0.15) is 0 Å². The van der Waals surface area contributed by atoms with Crippen LogP contribution in [-0.2, 0) is 35.0 Å². The van der Waals surface area contributed by atoms with E-state index in [1.54, 1.807) is 4.74 Å². The molecular weight excluding hydrogens is 796 g/mol. The molecular formula is C13H7F22NO7S3. The van der Waals surface area contributed by atoms with Crippen molar-refractivity contribution in [1.29, 1.82) is 0 Å². The van der Waals surface area contributed by atoms with Gasteiger partial charge in [-0.25, -0.2) is 21.2 Å². The zero-order chi connectivity index (χ0) is 38.4. The Labute approximate surface area is 238 Å². The normalized spacial score (nSPS) is 18.0. The van der Waals surface area contributed by atoms with E-state index < -0.39 is 112 Å². The lowest BCUT2D eigenvalue weighted by atomic mass is 9.99. The summed E-state index contributed by atoms with van der Waals surface area (Å²) in [6.07, 6.45) is -8.30. The Morgan fingerprint density at radius 1 is 0.435 bits per heavy atom. The lowest BCUT2D eigenvalue weighted by Gasteiger charge is -2.41. The molecule has 1 N–H and O–H groups in total. The predicted octanol–water partition coefficient (Wildman–Crippen LogP) is 5.44. The minimum absolute atomic E-state index is 1.22. The smallest absolute Gasteiger partial charge is 0.272 e. The van der Waals surface area contributed by atoms with Crippen LogP contribution >= 0.6 is 0 Å². The molecule has 0 aliphatic heterocycles. The van der Waals surface area contributed by atoms with Gasteiger partial charge in [-0.1, -0.05) is 8.01 Å². The number of sulfonamides is 2. The summed E-state index contributed by atoms with van der Waals surface area (Å²) in [6.45, 7) is -2.85. The number of halogens is 22. The van der Waals surface area contributed by atoms with Crippen molar-refractivity contribution in [3.8, 4) is 0 Å². The molecule has 0 rings (SSSR count). The van der Waals surface area contributed by atoms with Crippen molar-refractivity contribution in [3.05, 3.63) is 0 Å². The van der Waals surface area contributed by atoms with Crippen LogP contribution in [0.4, 0.5) is 96.1 Å². The zero-order valence-electron chi connectivity index (χ0n) is 20.4. The Kier molecular flexibility index (Phi) is 10.4. The summed E-state index contributed by atoms with van der Waals surface area (Å²) in [5, 5.41) is -24.9. The number of alkyl halides is 21. The summed E-state index contributed by atoms with van der Waals surface area (Å²) in [5.74, 6) is -54.0. The maximum Gasteiger partial charge on any atom is 0.443 e. The van der Waals surface area contributed by atoms with Crippen LogP contribution in [0.2, 0.25) is 0 Å². The van der Waals surface area contributed by atoms with E-state index in [0.717, 1.165) is 0 Å². The molecule has 0 bridgehead atoms. The predicted molar refractivity (Wildman–Crippen MR) is 96.7 cm³/mol. The summed E-state index contributed by atoms with van der Waals surface area (Å²) in [6, 6.07) is 0. The van der Waals surface area contributed by atoms with E-state index in [9.17, 15) is 121 Å². The molecule has 0 aromatic rings. The monoisotopic (exact) mass is 803 g/mol. The van der Waals surface area contributed by atoms with Gasteiger partial charge in [0.05, 0.1) is 0 Å². The van der Waals surface area contributed by atoms with Crippen molar-refractivity contribution < 1.29 is 126 Å². The molecule has 0 radical (unpaired) electrons. The molecule has 0 aliphatic rings. The van der Waals surface area contributed by atoms with E-state index in [1.165, 1.54) is 0 Å². The minimum atomic E-state index is -9.11. The maximum absolute atomic E-state index is 14.0. The first kappa shape index (κ1) is 44.2. The van der Waals surface area contributed by atoms with Gasteiger partial charge in [-0.05, 0) is 0 Å². The van der Waals surface area contributed by atoms with Gasteiger partial charge in [0.25, 0.3) is 25.9 Å². The van der Waals surface area contributed by atoms with Crippen LogP contribution in [0.25, 0.3) is 0 Å². The fourth-order valence-corrected chi connectivity index (χ4v) is 5.62. The third kappa shape index (κ3) is 6.02. The Morgan fingerprint density at radius 2 is 0.739 bits per heavy atom. The van der Waals surface area contributed by atoms with Crippen LogP contribution < -0.4 is 4.13 Å². The molecule has 1 unspecified atom stereocenters. The van der Waals surface area contributed by atoms with Crippen molar-refractivity contribution in [2.45, 2.75) is 77.1 Å². The van der Waals surface area contributed by atoms with Crippen molar-refractivity contribution in [2.24, 2.45) is 0 Å². The van der Waals surface area contributed by atoms with E-state index in [4.69, 9.17) is 0 Å². The van der Waals surface area contributed by atoms with Crippen molar-refractivity contribution in [3.63, 3.8) is 0 Å². The quantitative estimate of drug-likeness (QED) is 0.173. The van der Waals surface area contributed by atoms with Gasteiger partial charge >= 0.3 is 67.6 Å². The van der Waals surface area contributed by atoms with Gasteiger partial charge in [-0.2, -0.15) is 96.2 Å².